The van der Waals surface area contributed by atoms with Crippen LogP contribution in [-0.4, -0.2) is 17.7 Å². The molecule has 0 aliphatic carbocycles. The van der Waals surface area contributed by atoms with Crippen molar-refractivity contribution in [2.75, 3.05) is 7.05 Å². The number of hydrogen-bond acceptors (Lipinski definition) is 2. The molecular formula is C13H12N2. The van der Waals surface area contributed by atoms with Crippen molar-refractivity contribution in [3.8, 4) is 0 Å². The van der Waals surface area contributed by atoms with Crippen LogP contribution in [0.1, 0.15) is 11.1 Å². The smallest absolute Gasteiger partial charge is 0.0730 e. The molecule has 15 heavy (non-hydrogen) atoms. The molecule has 2 rings (SSSR count). The summed E-state index contributed by atoms with van der Waals surface area (Å²) >= 11 is 0. The van der Waals surface area contributed by atoms with Gasteiger partial charge in [0.05, 0.1) is 5.71 Å². The van der Waals surface area contributed by atoms with E-state index in [0.29, 0.717) is 0 Å². The Hall–Kier alpha value is -1.96. The molecule has 0 N–H and O–H groups in total. The first kappa shape index (κ1) is 9.59. The molecule has 0 aliphatic heterocycles. The van der Waals surface area contributed by atoms with Crippen LogP contribution in [0.15, 0.2) is 59.9 Å². The van der Waals surface area contributed by atoms with Crippen molar-refractivity contribution in [2.24, 2.45) is 4.99 Å². The molecule has 1 heterocycles. The molecule has 0 fully saturated rings. The van der Waals surface area contributed by atoms with E-state index in [0.717, 1.165) is 16.8 Å². The Kier molecular flexibility index (Phi) is 2.88. The van der Waals surface area contributed by atoms with E-state index < -0.39 is 0 Å². The monoisotopic (exact) mass is 196 g/mol. The number of aromatic nitrogens is 1. The number of nitrogens with zero attached hydrogens (tertiary/aromatic N) is 2. The first-order valence-electron chi connectivity index (χ1n) is 4.84. The predicted molar refractivity (Wildman–Crippen MR) is 62.2 cm³/mol. The van der Waals surface area contributed by atoms with Gasteiger partial charge >= 0.3 is 0 Å². The minimum atomic E-state index is 0.976. The Bertz CT molecular complexity index is 405. The largest absolute Gasteiger partial charge is 0.287 e. The van der Waals surface area contributed by atoms with Crippen LogP contribution in [0.5, 0.6) is 0 Å². The maximum Gasteiger partial charge on any atom is 0.0730 e. The molecule has 74 valence electrons. The maximum atomic E-state index is 4.31. The Morgan fingerprint density at radius 1 is 1.00 bits per heavy atom. The van der Waals surface area contributed by atoms with Crippen molar-refractivity contribution in [3.05, 3.63) is 66.0 Å². The van der Waals surface area contributed by atoms with E-state index in [1.807, 2.05) is 36.5 Å². The van der Waals surface area contributed by atoms with Gasteiger partial charge in [-0.3, -0.25) is 9.98 Å². The predicted octanol–water partition coefficient (Wildman–Crippen LogP) is 2.55. The van der Waals surface area contributed by atoms with E-state index in [-0.39, 0.29) is 0 Å². The highest BCUT2D eigenvalue weighted by molar-refractivity contribution is 6.12. The molecule has 0 saturated carbocycles. The average molecular weight is 196 g/mol. The molecule has 0 saturated heterocycles. The average Bonchev–Trinajstić information content (AvgIpc) is 2.33. The van der Waals surface area contributed by atoms with Crippen LogP contribution < -0.4 is 0 Å². The van der Waals surface area contributed by atoms with E-state index in [1.54, 1.807) is 13.2 Å². The fourth-order valence-corrected chi connectivity index (χ4v) is 1.52. The molecule has 1 aromatic heterocycles. The first-order chi connectivity index (χ1) is 7.42. The van der Waals surface area contributed by atoms with Gasteiger partial charge in [-0.1, -0.05) is 30.3 Å². The Morgan fingerprint density at radius 3 is 2.33 bits per heavy atom. The first-order valence-corrected chi connectivity index (χ1v) is 4.84. The van der Waals surface area contributed by atoms with Crippen molar-refractivity contribution in [1.29, 1.82) is 0 Å². The zero-order valence-corrected chi connectivity index (χ0v) is 8.59. The zero-order valence-electron chi connectivity index (χ0n) is 8.59. The van der Waals surface area contributed by atoms with Crippen LogP contribution in [0.3, 0.4) is 0 Å². The van der Waals surface area contributed by atoms with Crippen LogP contribution in [-0.2, 0) is 0 Å². The lowest BCUT2D eigenvalue weighted by Gasteiger charge is -2.04. The minimum absolute atomic E-state index is 0.976. The summed E-state index contributed by atoms with van der Waals surface area (Å²) in [6.07, 6.45) is 3.59. The quantitative estimate of drug-likeness (QED) is 0.677. The molecule has 0 aliphatic rings. The third kappa shape index (κ3) is 2.10. The van der Waals surface area contributed by atoms with Gasteiger partial charge in [-0.05, 0) is 12.1 Å². The maximum absolute atomic E-state index is 4.31. The topological polar surface area (TPSA) is 25.2 Å². The molecule has 0 radical (unpaired) electrons. The summed E-state index contributed by atoms with van der Waals surface area (Å²) in [5, 5.41) is 0. The van der Waals surface area contributed by atoms with Crippen LogP contribution in [0.4, 0.5) is 0 Å². The lowest BCUT2D eigenvalue weighted by atomic mass is 10.0. The third-order valence-corrected chi connectivity index (χ3v) is 2.21. The molecule has 2 heteroatoms. The van der Waals surface area contributed by atoms with Crippen molar-refractivity contribution in [1.82, 2.24) is 4.98 Å². The van der Waals surface area contributed by atoms with Gasteiger partial charge in [-0.15, -0.1) is 0 Å². The molecule has 0 atom stereocenters. The Labute approximate surface area is 89.3 Å². The van der Waals surface area contributed by atoms with Gasteiger partial charge in [0.2, 0.25) is 0 Å². The summed E-state index contributed by atoms with van der Waals surface area (Å²) in [5.41, 5.74) is 3.14. The van der Waals surface area contributed by atoms with Gasteiger partial charge in [-0.25, -0.2) is 0 Å². The third-order valence-electron chi connectivity index (χ3n) is 2.21. The number of pyridine rings is 1. The van der Waals surface area contributed by atoms with E-state index in [9.17, 15) is 0 Å². The van der Waals surface area contributed by atoms with E-state index in [1.165, 1.54) is 0 Å². The minimum Gasteiger partial charge on any atom is -0.287 e. The second-order valence-corrected chi connectivity index (χ2v) is 3.18. The SMILES string of the molecule is CN=C(c1ccccc1)c1cccnc1. The second-order valence-electron chi connectivity index (χ2n) is 3.18. The lowest BCUT2D eigenvalue weighted by Crippen LogP contribution is -2.02. The molecule has 2 aromatic rings. The highest BCUT2D eigenvalue weighted by Gasteiger charge is 2.04. The normalized spacial score (nSPS) is 11.4. The van der Waals surface area contributed by atoms with Crippen LogP contribution in [0.25, 0.3) is 0 Å². The molecule has 0 spiro atoms. The summed E-state index contributed by atoms with van der Waals surface area (Å²) in [5.74, 6) is 0. The van der Waals surface area contributed by atoms with Crippen molar-refractivity contribution >= 4 is 5.71 Å². The van der Waals surface area contributed by atoms with Gasteiger partial charge in [0.15, 0.2) is 0 Å². The van der Waals surface area contributed by atoms with Crippen LogP contribution in [0, 0.1) is 0 Å². The van der Waals surface area contributed by atoms with Gasteiger partial charge < -0.3 is 0 Å². The van der Waals surface area contributed by atoms with Gasteiger partial charge in [0.1, 0.15) is 0 Å². The van der Waals surface area contributed by atoms with E-state index in [2.05, 4.69) is 22.1 Å². The summed E-state index contributed by atoms with van der Waals surface area (Å²) in [6, 6.07) is 14.1. The Morgan fingerprint density at radius 2 is 1.73 bits per heavy atom. The number of benzene rings is 1. The fourth-order valence-electron chi connectivity index (χ4n) is 1.52. The summed E-state index contributed by atoms with van der Waals surface area (Å²) in [6.45, 7) is 0. The number of rotatable bonds is 2. The second kappa shape index (κ2) is 4.51. The van der Waals surface area contributed by atoms with E-state index >= 15 is 0 Å². The molecule has 0 unspecified atom stereocenters. The van der Waals surface area contributed by atoms with Gasteiger partial charge in [0, 0.05) is 30.6 Å². The van der Waals surface area contributed by atoms with Crippen molar-refractivity contribution < 1.29 is 0 Å². The Balaban J connectivity index is 2.44. The highest BCUT2D eigenvalue weighted by Crippen LogP contribution is 2.09. The van der Waals surface area contributed by atoms with Crippen molar-refractivity contribution in [2.45, 2.75) is 0 Å². The summed E-state index contributed by atoms with van der Waals surface area (Å²) < 4.78 is 0. The summed E-state index contributed by atoms with van der Waals surface area (Å²) in [7, 11) is 1.80. The van der Waals surface area contributed by atoms with Crippen LogP contribution in [0.2, 0.25) is 0 Å². The molecule has 1 aromatic carbocycles. The number of aliphatic imine (C=N–C) groups is 1. The molecule has 2 nitrogen and oxygen atoms in total. The standard InChI is InChI=1S/C13H12N2/c1-14-13(11-6-3-2-4-7-11)12-8-5-9-15-10-12/h2-10H,1H3. The molecule has 0 amide bonds. The van der Waals surface area contributed by atoms with Gasteiger partial charge in [-0.2, -0.15) is 0 Å². The zero-order chi connectivity index (χ0) is 10.5. The lowest BCUT2D eigenvalue weighted by molar-refractivity contribution is 1.30. The van der Waals surface area contributed by atoms with E-state index in [4.69, 9.17) is 0 Å². The summed E-state index contributed by atoms with van der Waals surface area (Å²) in [4.78, 5) is 8.40. The van der Waals surface area contributed by atoms with Crippen LogP contribution >= 0.6 is 0 Å². The van der Waals surface area contributed by atoms with Gasteiger partial charge in [0.25, 0.3) is 0 Å². The fraction of sp³-hybridized carbons (Fsp3) is 0.0769. The molecule has 0 bridgehead atoms. The van der Waals surface area contributed by atoms with Crippen molar-refractivity contribution in [3.63, 3.8) is 0 Å². The number of hydrogen-bond donors (Lipinski definition) is 0. The molecular weight excluding hydrogens is 184 g/mol. The highest BCUT2D eigenvalue weighted by atomic mass is 14.7.